The van der Waals surface area contributed by atoms with E-state index in [2.05, 4.69) is 11.9 Å². The molecule has 0 aliphatic heterocycles. The zero-order valence-corrected chi connectivity index (χ0v) is 16.5. The summed E-state index contributed by atoms with van der Waals surface area (Å²) in [5, 5.41) is 2.61. The molecule has 8 heteroatoms. The number of hydrogen-bond donors (Lipinski definition) is 1. The molecule has 0 saturated carbocycles. The van der Waals surface area contributed by atoms with Crippen molar-refractivity contribution in [3.8, 4) is 0 Å². The topological polar surface area (TPSA) is 52.7 Å². The van der Waals surface area contributed by atoms with Crippen LogP contribution in [0.3, 0.4) is 0 Å². The summed E-state index contributed by atoms with van der Waals surface area (Å²) >= 11 is 7.36. The minimum Gasteiger partial charge on any atom is -0.333 e. The van der Waals surface area contributed by atoms with Crippen LogP contribution in [-0.2, 0) is 16.1 Å². The second-order valence-corrected chi connectivity index (χ2v) is 7.80. The molecule has 2 amide bonds. The molecule has 0 aliphatic carbocycles. The van der Waals surface area contributed by atoms with Crippen molar-refractivity contribution in [3.05, 3.63) is 64.1 Å². The molecule has 2 aromatic rings. The van der Waals surface area contributed by atoms with Gasteiger partial charge in [0.05, 0.1) is 24.0 Å². The first-order valence-electron chi connectivity index (χ1n) is 8.24. The third-order valence-corrected chi connectivity index (χ3v) is 4.82. The minimum atomic E-state index is -0.426. The third-order valence-electron chi connectivity index (χ3n) is 3.60. The number of amides is 2. The Hall–Kier alpha value is -2.22. The van der Waals surface area contributed by atoms with Crippen LogP contribution in [0.2, 0.25) is 4.34 Å². The van der Waals surface area contributed by atoms with Crippen molar-refractivity contribution in [3.63, 3.8) is 0 Å². The molecular formula is C19H21ClFN3O2S. The Labute approximate surface area is 167 Å². The van der Waals surface area contributed by atoms with Gasteiger partial charge in [-0.25, -0.2) is 4.39 Å². The first-order chi connectivity index (χ1) is 12.9. The first kappa shape index (κ1) is 21.1. The van der Waals surface area contributed by atoms with Crippen molar-refractivity contribution < 1.29 is 14.0 Å². The molecule has 0 saturated heterocycles. The van der Waals surface area contributed by atoms with Crippen LogP contribution in [-0.4, -0.2) is 48.3 Å². The van der Waals surface area contributed by atoms with Gasteiger partial charge in [0, 0.05) is 17.1 Å². The number of thiophene rings is 1. The molecule has 144 valence electrons. The van der Waals surface area contributed by atoms with Gasteiger partial charge >= 0.3 is 0 Å². The molecular weight excluding hydrogens is 389 g/mol. The molecule has 0 aliphatic rings. The summed E-state index contributed by atoms with van der Waals surface area (Å²) in [7, 11) is 1.68. The highest BCUT2D eigenvalue weighted by Gasteiger charge is 2.17. The number of carbonyl (C=O) groups excluding carboxylic acids is 2. The SMILES string of the molecule is C=CCN(Cc1ccc(Cl)s1)C(=O)CN(C)CC(=O)Nc1cccc(F)c1. The Morgan fingerprint density at radius 3 is 2.70 bits per heavy atom. The van der Waals surface area contributed by atoms with E-state index in [9.17, 15) is 14.0 Å². The van der Waals surface area contributed by atoms with Crippen LogP contribution in [0.5, 0.6) is 0 Å². The predicted molar refractivity (Wildman–Crippen MR) is 107 cm³/mol. The van der Waals surface area contributed by atoms with Gasteiger partial charge in [-0.1, -0.05) is 23.7 Å². The second kappa shape index (κ2) is 10.2. The van der Waals surface area contributed by atoms with Crippen molar-refractivity contribution in [2.75, 3.05) is 32.0 Å². The van der Waals surface area contributed by atoms with E-state index in [1.54, 1.807) is 35.1 Å². The number of likely N-dealkylation sites (N-methyl/N-ethyl adjacent to an activating group) is 1. The monoisotopic (exact) mass is 409 g/mol. The minimum absolute atomic E-state index is 0.00894. The number of halogens is 2. The van der Waals surface area contributed by atoms with Crippen LogP contribution in [0.25, 0.3) is 0 Å². The molecule has 1 aromatic carbocycles. The zero-order valence-electron chi connectivity index (χ0n) is 15.0. The van der Waals surface area contributed by atoms with Crippen LogP contribution in [0, 0.1) is 5.82 Å². The average Bonchev–Trinajstić information content (AvgIpc) is 2.99. The van der Waals surface area contributed by atoms with Crippen molar-refractivity contribution in [1.29, 1.82) is 0 Å². The normalized spacial score (nSPS) is 10.7. The average molecular weight is 410 g/mol. The maximum absolute atomic E-state index is 13.2. The maximum Gasteiger partial charge on any atom is 0.238 e. The summed E-state index contributed by atoms with van der Waals surface area (Å²) in [4.78, 5) is 28.9. The van der Waals surface area contributed by atoms with Gasteiger partial charge in [0.15, 0.2) is 0 Å². The van der Waals surface area contributed by atoms with E-state index in [4.69, 9.17) is 11.6 Å². The Morgan fingerprint density at radius 2 is 2.07 bits per heavy atom. The van der Waals surface area contributed by atoms with E-state index in [1.165, 1.54) is 29.5 Å². The number of nitrogens with one attached hydrogen (secondary N) is 1. The third kappa shape index (κ3) is 7.13. The maximum atomic E-state index is 13.2. The van der Waals surface area contributed by atoms with E-state index in [0.29, 0.717) is 23.1 Å². The Morgan fingerprint density at radius 1 is 1.30 bits per heavy atom. The summed E-state index contributed by atoms with van der Waals surface area (Å²) in [6.07, 6.45) is 1.66. The van der Waals surface area contributed by atoms with Crippen molar-refractivity contribution in [2.24, 2.45) is 0 Å². The number of anilines is 1. The van der Waals surface area contributed by atoms with Gasteiger partial charge in [-0.15, -0.1) is 17.9 Å². The quantitative estimate of drug-likeness (QED) is 0.643. The van der Waals surface area contributed by atoms with Gasteiger partial charge in [-0.3, -0.25) is 14.5 Å². The van der Waals surface area contributed by atoms with Crippen LogP contribution in [0.4, 0.5) is 10.1 Å². The summed E-state index contributed by atoms with van der Waals surface area (Å²) < 4.78 is 13.8. The molecule has 5 nitrogen and oxygen atoms in total. The molecule has 2 rings (SSSR count). The Kier molecular flexibility index (Phi) is 7.97. The Bertz CT molecular complexity index is 812. The highest BCUT2D eigenvalue weighted by atomic mass is 35.5. The summed E-state index contributed by atoms with van der Waals surface area (Å²) in [5.41, 5.74) is 0.377. The van der Waals surface area contributed by atoms with Gasteiger partial charge in [0.1, 0.15) is 5.82 Å². The van der Waals surface area contributed by atoms with Gasteiger partial charge in [-0.05, 0) is 37.4 Å². The molecule has 0 spiro atoms. The number of benzene rings is 1. The van der Waals surface area contributed by atoms with Crippen LogP contribution in [0.1, 0.15) is 4.88 Å². The number of hydrogen-bond acceptors (Lipinski definition) is 4. The number of carbonyl (C=O) groups is 2. The van der Waals surface area contributed by atoms with Gasteiger partial charge in [-0.2, -0.15) is 0 Å². The lowest BCUT2D eigenvalue weighted by molar-refractivity contribution is -0.132. The lowest BCUT2D eigenvalue weighted by atomic mass is 10.3. The smallest absolute Gasteiger partial charge is 0.238 e. The van der Waals surface area contributed by atoms with Crippen LogP contribution < -0.4 is 5.32 Å². The van der Waals surface area contributed by atoms with E-state index in [0.717, 1.165) is 4.88 Å². The van der Waals surface area contributed by atoms with Gasteiger partial charge in [0.25, 0.3) is 0 Å². The largest absolute Gasteiger partial charge is 0.333 e. The molecule has 0 bridgehead atoms. The zero-order chi connectivity index (χ0) is 19.8. The fraction of sp³-hybridized carbons (Fsp3) is 0.263. The van der Waals surface area contributed by atoms with Crippen molar-refractivity contribution in [1.82, 2.24) is 9.80 Å². The highest BCUT2D eigenvalue weighted by molar-refractivity contribution is 7.16. The standard InChI is InChI=1S/C19H21ClFN3O2S/c1-3-9-24(11-16-7-8-17(20)27-16)19(26)13-23(2)12-18(25)22-15-6-4-5-14(21)10-15/h3-8,10H,1,9,11-13H2,2H3,(H,22,25). The highest BCUT2D eigenvalue weighted by Crippen LogP contribution is 2.22. The molecule has 1 heterocycles. The first-order valence-corrected chi connectivity index (χ1v) is 9.43. The Balaban J connectivity index is 1.87. The fourth-order valence-electron chi connectivity index (χ4n) is 2.43. The predicted octanol–water partition coefficient (Wildman–Crippen LogP) is 3.63. The number of rotatable bonds is 9. The fourth-order valence-corrected chi connectivity index (χ4v) is 3.54. The summed E-state index contributed by atoms with van der Waals surface area (Å²) in [6, 6.07) is 9.33. The summed E-state index contributed by atoms with van der Waals surface area (Å²) in [6.45, 7) is 4.60. The van der Waals surface area contributed by atoms with Gasteiger partial charge < -0.3 is 10.2 Å². The molecule has 27 heavy (non-hydrogen) atoms. The number of nitrogens with zero attached hydrogens (tertiary/aromatic N) is 2. The molecule has 1 aromatic heterocycles. The molecule has 0 radical (unpaired) electrons. The van der Waals surface area contributed by atoms with E-state index >= 15 is 0 Å². The van der Waals surface area contributed by atoms with Crippen molar-refractivity contribution in [2.45, 2.75) is 6.54 Å². The lowest BCUT2D eigenvalue weighted by Crippen LogP contribution is -2.41. The van der Waals surface area contributed by atoms with E-state index in [1.807, 2.05) is 6.07 Å². The molecule has 0 fully saturated rings. The van der Waals surface area contributed by atoms with Crippen LogP contribution in [0.15, 0.2) is 49.1 Å². The van der Waals surface area contributed by atoms with E-state index < -0.39 is 5.82 Å². The molecule has 0 atom stereocenters. The second-order valence-electron chi connectivity index (χ2n) is 6.00. The summed E-state index contributed by atoms with van der Waals surface area (Å²) in [5.74, 6) is -0.873. The van der Waals surface area contributed by atoms with E-state index in [-0.39, 0.29) is 24.9 Å². The molecule has 0 unspecified atom stereocenters. The molecule has 1 N–H and O–H groups in total. The van der Waals surface area contributed by atoms with Gasteiger partial charge in [0.2, 0.25) is 11.8 Å². The lowest BCUT2D eigenvalue weighted by Gasteiger charge is -2.24. The van der Waals surface area contributed by atoms with Crippen molar-refractivity contribution >= 4 is 40.4 Å². The van der Waals surface area contributed by atoms with Crippen LogP contribution >= 0.6 is 22.9 Å².